The van der Waals surface area contributed by atoms with Crippen molar-refractivity contribution in [3.05, 3.63) is 62.4 Å². The van der Waals surface area contributed by atoms with Gasteiger partial charge in [0.25, 0.3) is 5.56 Å². The molecule has 2 heterocycles. The topological polar surface area (TPSA) is 235 Å². The van der Waals surface area contributed by atoms with E-state index in [0.717, 1.165) is 29.0 Å². The molecule has 1 aromatic heterocycles. The number of carbonyl (C=O) groups is 2. The number of phosphoric ester groups is 1. The second kappa shape index (κ2) is 9.27. The zero-order valence-corrected chi connectivity index (χ0v) is 17.2. The Morgan fingerprint density at radius 3 is 2.36 bits per heavy atom. The van der Waals surface area contributed by atoms with Crippen molar-refractivity contribution in [2.75, 3.05) is 6.61 Å². The van der Waals surface area contributed by atoms with Gasteiger partial charge in [0, 0.05) is 12.3 Å². The van der Waals surface area contributed by atoms with Crippen molar-refractivity contribution in [1.82, 2.24) is 9.55 Å². The second-order valence-electron chi connectivity index (χ2n) is 6.74. The third-order valence-corrected chi connectivity index (χ3v) is 5.45. The Kier molecular flexibility index (Phi) is 6.83. The molecule has 0 spiro atoms. The van der Waals surface area contributed by atoms with E-state index in [1.807, 2.05) is 4.98 Å². The first-order valence-electron chi connectivity index (χ1n) is 9.00. The van der Waals surface area contributed by atoms with Gasteiger partial charge >= 0.3 is 25.5 Å². The minimum Gasteiger partial charge on any atom is -0.478 e. The molecule has 3 rings (SSSR count). The monoisotopic (exact) mass is 488 g/mol. The third kappa shape index (κ3) is 5.36. The maximum Gasteiger partial charge on any atom is 0.527 e. The number of nitrogens with one attached hydrogen (secondary N) is 1. The first kappa shape index (κ1) is 24.3. The number of aliphatic hydroxyl groups excluding tert-OH is 2. The van der Waals surface area contributed by atoms with Gasteiger partial charge in [0.1, 0.15) is 24.1 Å². The molecule has 1 aromatic carbocycles. The Morgan fingerprint density at radius 1 is 1.09 bits per heavy atom. The zero-order chi connectivity index (χ0) is 24.5. The number of aromatic nitrogens is 2. The van der Waals surface area contributed by atoms with Gasteiger partial charge in [-0.1, -0.05) is 0 Å². The Labute approximate surface area is 182 Å². The second-order valence-corrected chi connectivity index (χ2v) is 8.11. The van der Waals surface area contributed by atoms with Gasteiger partial charge in [-0.05, 0) is 18.2 Å². The minimum atomic E-state index is -4.94. The molecule has 2 aromatic rings. The van der Waals surface area contributed by atoms with Gasteiger partial charge in [-0.15, -0.1) is 0 Å². The molecule has 16 heteroatoms. The molecular weight excluding hydrogens is 471 g/mol. The van der Waals surface area contributed by atoms with Crippen molar-refractivity contribution in [1.29, 1.82) is 0 Å². The van der Waals surface area contributed by atoms with Crippen LogP contribution in [0.25, 0.3) is 0 Å². The van der Waals surface area contributed by atoms with Crippen LogP contribution in [0, 0.1) is 0 Å². The maximum atomic E-state index is 12.2. The number of benzene rings is 1. The van der Waals surface area contributed by atoms with Crippen LogP contribution in [0.2, 0.25) is 0 Å². The predicted octanol–water partition coefficient (Wildman–Crippen LogP) is -1.25. The van der Waals surface area contributed by atoms with E-state index in [1.54, 1.807) is 0 Å². The van der Waals surface area contributed by atoms with Crippen molar-refractivity contribution in [3.63, 3.8) is 0 Å². The largest absolute Gasteiger partial charge is 0.527 e. The van der Waals surface area contributed by atoms with Gasteiger partial charge in [-0.3, -0.25) is 23.8 Å². The van der Waals surface area contributed by atoms with Gasteiger partial charge in [0.05, 0.1) is 17.7 Å². The Bertz CT molecular complexity index is 1240. The smallest absolute Gasteiger partial charge is 0.478 e. The molecule has 15 nitrogen and oxygen atoms in total. The van der Waals surface area contributed by atoms with E-state index < -0.39 is 79.0 Å². The van der Waals surface area contributed by atoms with Crippen LogP contribution in [0.1, 0.15) is 26.9 Å². The average molecular weight is 488 g/mol. The molecule has 1 aliphatic rings. The molecule has 1 unspecified atom stereocenters. The third-order valence-electron chi connectivity index (χ3n) is 4.54. The van der Waals surface area contributed by atoms with Crippen molar-refractivity contribution >= 4 is 19.8 Å². The van der Waals surface area contributed by atoms with Crippen LogP contribution in [0.5, 0.6) is 5.75 Å². The first-order chi connectivity index (χ1) is 15.4. The van der Waals surface area contributed by atoms with Crippen molar-refractivity contribution < 1.29 is 53.3 Å². The molecule has 1 fully saturated rings. The number of aromatic carboxylic acids is 2. The van der Waals surface area contributed by atoms with Crippen LogP contribution in [-0.2, 0) is 13.8 Å². The summed E-state index contributed by atoms with van der Waals surface area (Å²) in [4.78, 5) is 57.1. The minimum absolute atomic E-state index is 0.492. The van der Waals surface area contributed by atoms with Gasteiger partial charge in [0.2, 0.25) is 0 Å². The van der Waals surface area contributed by atoms with E-state index >= 15 is 0 Å². The molecule has 0 radical (unpaired) electrons. The van der Waals surface area contributed by atoms with Crippen LogP contribution < -0.4 is 15.8 Å². The fourth-order valence-corrected chi connectivity index (χ4v) is 3.76. The molecule has 1 aliphatic heterocycles. The number of carboxylic acid groups (broad SMARTS) is 2. The van der Waals surface area contributed by atoms with E-state index in [4.69, 9.17) is 24.0 Å². The van der Waals surface area contributed by atoms with E-state index in [0.29, 0.717) is 6.07 Å². The lowest BCUT2D eigenvalue weighted by atomic mass is 10.1. The number of hydrogen-bond donors (Lipinski definition) is 6. The summed E-state index contributed by atoms with van der Waals surface area (Å²) < 4.78 is 27.8. The Balaban J connectivity index is 1.70. The highest BCUT2D eigenvalue weighted by molar-refractivity contribution is 7.47. The number of hydrogen-bond acceptors (Lipinski definition) is 10. The van der Waals surface area contributed by atoms with Crippen LogP contribution in [-0.4, -0.2) is 71.7 Å². The van der Waals surface area contributed by atoms with Crippen molar-refractivity contribution in [3.8, 4) is 5.75 Å². The summed E-state index contributed by atoms with van der Waals surface area (Å²) in [6.07, 6.45) is -5.16. The van der Waals surface area contributed by atoms with E-state index in [1.165, 1.54) is 0 Å². The number of aliphatic hydroxyl groups is 2. The fraction of sp³-hybridized carbons (Fsp3) is 0.294. The summed E-state index contributed by atoms with van der Waals surface area (Å²) in [5, 5.41) is 38.4. The standard InChI is InChI=1S/C17H17N2O13P/c20-11-3-4-19(17(27)18-11)14-13(22)12(21)10(31-14)6-30-33(28,29)32-7-1-2-8(15(23)24)9(5-7)16(25)26/h1-5,10,12-14,21-22H,6H2,(H,23,24)(H,25,26)(H,28,29)(H,18,20,27)/t10-,12-,13-,14-/m1/s1. The van der Waals surface area contributed by atoms with Crippen LogP contribution in [0.3, 0.4) is 0 Å². The average Bonchev–Trinajstić information content (AvgIpc) is 3.00. The molecule has 5 atom stereocenters. The van der Waals surface area contributed by atoms with Crippen molar-refractivity contribution in [2.45, 2.75) is 24.5 Å². The van der Waals surface area contributed by atoms with Crippen LogP contribution >= 0.6 is 7.82 Å². The molecule has 178 valence electrons. The summed E-state index contributed by atoms with van der Waals surface area (Å²) in [6.45, 7) is -0.806. The quantitative estimate of drug-likeness (QED) is 0.239. The highest BCUT2D eigenvalue weighted by Gasteiger charge is 2.45. The van der Waals surface area contributed by atoms with Crippen LogP contribution in [0.4, 0.5) is 0 Å². The van der Waals surface area contributed by atoms with Crippen LogP contribution in [0.15, 0.2) is 40.1 Å². The molecule has 0 bridgehead atoms. The molecular formula is C17H17N2O13P. The maximum absolute atomic E-state index is 12.2. The van der Waals surface area contributed by atoms with E-state index in [2.05, 4.69) is 0 Å². The number of nitrogens with zero attached hydrogens (tertiary/aromatic N) is 1. The Hall–Kier alpha value is -3.33. The first-order valence-corrected chi connectivity index (χ1v) is 10.5. The van der Waals surface area contributed by atoms with E-state index in [-0.39, 0.29) is 0 Å². The highest BCUT2D eigenvalue weighted by atomic mass is 31.2. The number of carboxylic acids is 2. The van der Waals surface area contributed by atoms with Gasteiger partial charge in [-0.25, -0.2) is 18.9 Å². The van der Waals surface area contributed by atoms with Crippen molar-refractivity contribution in [2.24, 2.45) is 0 Å². The van der Waals surface area contributed by atoms with Gasteiger partial charge < -0.3 is 29.7 Å². The highest BCUT2D eigenvalue weighted by Crippen LogP contribution is 2.45. The van der Waals surface area contributed by atoms with Gasteiger partial charge in [0.15, 0.2) is 6.23 Å². The molecule has 0 amide bonds. The number of ether oxygens (including phenoxy) is 1. The summed E-state index contributed by atoms with van der Waals surface area (Å²) in [5.74, 6) is -3.65. The summed E-state index contributed by atoms with van der Waals surface area (Å²) >= 11 is 0. The normalized spacial score (nSPS) is 24.2. The Morgan fingerprint density at radius 2 is 1.76 bits per heavy atom. The SMILES string of the molecule is O=C(O)c1ccc(OP(=O)(O)OC[C@H]2O[C@@H](n3ccc(=O)[nH]c3=O)[C@H](O)[C@@H]2O)cc1C(=O)O. The summed E-state index contributed by atoms with van der Waals surface area (Å²) in [6, 6.07) is 3.48. The predicted molar refractivity (Wildman–Crippen MR) is 104 cm³/mol. The number of H-pyrrole nitrogens is 1. The number of aromatic amines is 1. The number of phosphoric acid groups is 1. The molecule has 0 aliphatic carbocycles. The molecule has 6 N–H and O–H groups in total. The molecule has 1 saturated heterocycles. The number of rotatable bonds is 8. The lowest BCUT2D eigenvalue weighted by molar-refractivity contribution is -0.0540. The van der Waals surface area contributed by atoms with Gasteiger partial charge in [-0.2, -0.15) is 0 Å². The lowest BCUT2D eigenvalue weighted by Gasteiger charge is -2.18. The summed E-state index contributed by atoms with van der Waals surface area (Å²) in [5.41, 5.74) is -2.92. The van der Waals surface area contributed by atoms with E-state index in [9.17, 15) is 38.8 Å². The lowest BCUT2D eigenvalue weighted by Crippen LogP contribution is -2.37. The fourth-order valence-electron chi connectivity index (χ4n) is 3.00. The zero-order valence-electron chi connectivity index (χ0n) is 16.3. The molecule has 0 saturated carbocycles. The summed E-state index contributed by atoms with van der Waals surface area (Å²) in [7, 11) is -4.94. The molecule has 33 heavy (non-hydrogen) atoms.